The van der Waals surface area contributed by atoms with Crippen LogP contribution in [0.25, 0.3) is 6.08 Å². The quantitative estimate of drug-likeness (QED) is 0.808. The molecule has 0 bridgehead atoms. The molecule has 0 aliphatic heterocycles. The van der Waals surface area contributed by atoms with Crippen molar-refractivity contribution in [1.82, 2.24) is 0 Å². The van der Waals surface area contributed by atoms with Crippen LogP contribution in [0.3, 0.4) is 0 Å². The monoisotopic (exact) mass is 235 g/mol. The highest BCUT2D eigenvalue weighted by atomic mass is 32.2. The first-order valence-electron chi connectivity index (χ1n) is 4.63. The number of hydrogen-bond acceptors (Lipinski definition) is 3. The summed E-state index contributed by atoms with van der Waals surface area (Å²) >= 11 is 1.17. The van der Waals surface area contributed by atoms with Gasteiger partial charge in [-0.05, 0) is 23.8 Å². The molecule has 0 saturated carbocycles. The molecular formula is C12H10FNOS. The zero-order chi connectivity index (χ0) is 12.0. The van der Waals surface area contributed by atoms with Crippen LogP contribution in [0.4, 0.5) is 4.39 Å². The lowest BCUT2D eigenvalue weighted by molar-refractivity contribution is -0.109. The Labute approximate surface area is 97.8 Å². The third-order valence-corrected chi connectivity index (χ3v) is 2.58. The number of rotatable bonds is 3. The molecule has 1 aromatic carbocycles. The molecule has 0 atom stereocenters. The topological polar surface area (TPSA) is 40.9 Å². The van der Waals surface area contributed by atoms with Crippen LogP contribution in [0.15, 0.2) is 24.3 Å². The Morgan fingerprint density at radius 3 is 3.00 bits per heavy atom. The fourth-order valence-electron chi connectivity index (χ4n) is 1.11. The molecule has 1 aromatic rings. The summed E-state index contributed by atoms with van der Waals surface area (Å²) < 4.78 is 12.9. The summed E-state index contributed by atoms with van der Waals surface area (Å²) in [6.45, 7) is 1.49. The van der Waals surface area contributed by atoms with E-state index in [1.165, 1.54) is 36.9 Å². The van der Waals surface area contributed by atoms with Crippen LogP contribution >= 0.6 is 11.8 Å². The van der Waals surface area contributed by atoms with Gasteiger partial charge in [-0.25, -0.2) is 4.39 Å². The molecule has 0 fully saturated rings. The van der Waals surface area contributed by atoms with Crippen molar-refractivity contribution in [2.45, 2.75) is 6.92 Å². The average Bonchev–Trinajstić information content (AvgIpc) is 2.24. The van der Waals surface area contributed by atoms with Gasteiger partial charge in [-0.2, -0.15) is 5.26 Å². The standard InChI is InChI=1S/C12H10FNOS/c1-9(15)16-6-2-3-10-7-12(13)5-4-11(10)8-14/h2-5,7H,6H2,1H3. The highest BCUT2D eigenvalue weighted by molar-refractivity contribution is 8.13. The maximum absolute atomic E-state index is 12.9. The van der Waals surface area contributed by atoms with Gasteiger partial charge in [-0.1, -0.05) is 23.9 Å². The van der Waals surface area contributed by atoms with Crippen molar-refractivity contribution in [3.63, 3.8) is 0 Å². The van der Waals surface area contributed by atoms with E-state index in [4.69, 9.17) is 5.26 Å². The first-order valence-corrected chi connectivity index (χ1v) is 5.61. The summed E-state index contributed by atoms with van der Waals surface area (Å²) in [5.74, 6) is 0.148. The molecule has 0 spiro atoms. The fourth-order valence-corrected chi connectivity index (χ4v) is 1.54. The van der Waals surface area contributed by atoms with Crippen molar-refractivity contribution in [2.75, 3.05) is 5.75 Å². The van der Waals surface area contributed by atoms with Crippen molar-refractivity contribution < 1.29 is 9.18 Å². The fraction of sp³-hybridized carbons (Fsp3) is 0.167. The Bertz CT molecular complexity index is 463. The maximum Gasteiger partial charge on any atom is 0.186 e. The Kier molecular flexibility index (Phi) is 4.74. The third-order valence-electron chi connectivity index (χ3n) is 1.81. The van der Waals surface area contributed by atoms with Gasteiger partial charge in [0.15, 0.2) is 5.12 Å². The second-order valence-electron chi connectivity index (χ2n) is 3.05. The number of carbonyl (C=O) groups excluding carboxylic acids is 1. The van der Waals surface area contributed by atoms with E-state index in [2.05, 4.69) is 0 Å². The molecule has 0 unspecified atom stereocenters. The molecule has 0 amide bonds. The molecule has 0 aromatic heterocycles. The molecule has 2 nitrogen and oxygen atoms in total. The summed E-state index contributed by atoms with van der Waals surface area (Å²) in [4.78, 5) is 10.6. The average molecular weight is 235 g/mol. The maximum atomic E-state index is 12.9. The van der Waals surface area contributed by atoms with Gasteiger partial charge in [-0.15, -0.1) is 0 Å². The zero-order valence-corrected chi connectivity index (χ0v) is 9.55. The predicted octanol–water partition coefficient (Wildman–Crippen LogP) is 2.99. The molecule has 82 valence electrons. The second kappa shape index (κ2) is 6.09. The Morgan fingerprint density at radius 2 is 2.38 bits per heavy atom. The zero-order valence-electron chi connectivity index (χ0n) is 8.74. The summed E-state index contributed by atoms with van der Waals surface area (Å²) in [5.41, 5.74) is 0.956. The lowest BCUT2D eigenvalue weighted by Crippen LogP contribution is -1.85. The normalized spacial score (nSPS) is 10.3. The van der Waals surface area contributed by atoms with Gasteiger partial charge < -0.3 is 0 Å². The highest BCUT2D eigenvalue weighted by Crippen LogP contribution is 2.13. The van der Waals surface area contributed by atoms with Crippen LogP contribution in [-0.2, 0) is 4.79 Å². The highest BCUT2D eigenvalue weighted by Gasteiger charge is 2.00. The largest absolute Gasteiger partial charge is 0.288 e. The molecule has 16 heavy (non-hydrogen) atoms. The van der Waals surface area contributed by atoms with E-state index in [1.807, 2.05) is 6.07 Å². The van der Waals surface area contributed by atoms with Gasteiger partial charge in [0.05, 0.1) is 11.6 Å². The summed E-state index contributed by atoms with van der Waals surface area (Å²) in [7, 11) is 0. The minimum Gasteiger partial charge on any atom is -0.288 e. The van der Waals surface area contributed by atoms with E-state index in [0.29, 0.717) is 16.9 Å². The first kappa shape index (κ1) is 12.5. The molecule has 0 N–H and O–H groups in total. The molecule has 0 aliphatic carbocycles. The second-order valence-corrected chi connectivity index (χ2v) is 4.25. The smallest absolute Gasteiger partial charge is 0.186 e. The van der Waals surface area contributed by atoms with Crippen molar-refractivity contribution in [3.05, 3.63) is 41.2 Å². The van der Waals surface area contributed by atoms with Gasteiger partial charge >= 0.3 is 0 Å². The van der Waals surface area contributed by atoms with Crippen LogP contribution in [-0.4, -0.2) is 10.9 Å². The number of carbonyl (C=O) groups is 1. The minimum atomic E-state index is -0.377. The van der Waals surface area contributed by atoms with E-state index in [9.17, 15) is 9.18 Å². The van der Waals surface area contributed by atoms with Crippen LogP contribution in [0.1, 0.15) is 18.1 Å². The van der Waals surface area contributed by atoms with Crippen molar-refractivity contribution in [1.29, 1.82) is 5.26 Å². The Morgan fingerprint density at radius 1 is 1.62 bits per heavy atom. The van der Waals surface area contributed by atoms with E-state index < -0.39 is 0 Å². The van der Waals surface area contributed by atoms with Crippen molar-refractivity contribution in [3.8, 4) is 6.07 Å². The van der Waals surface area contributed by atoms with Crippen LogP contribution in [0.2, 0.25) is 0 Å². The SMILES string of the molecule is CC(=O)SCC=Cc1cc(F)ccc1C#N. The number of nitrogens with zero attached hydrogens (tertiary/aromatic N) is 1. The van der Waals surface area contributed by atoms with Gasteiger partial charge in [-0.3, -0.25) is 4.79 Å². The molecular weight excluding hydrogens is 225 g/mol. The molecule has 4 heteroatoms. The van der Waals surface area contributed by atoms with Crippen molar-refractivity contribution >= 4 is 23.0 Å². The number of halogens is 1. The number of hydrogen-bond donors (Lipinski definition) is 0. The van der Waals surface area contributed by atoms with Gasteiger partial charge in [0.1, 0.15) is 5.82 Å². The van der Waals surface area contributed by atoms with E-state index in [0.717, 1.165) is 0 Å². The molecule has 0 heterocycles. The lowest BCUT2D eigenvalue weighted by Gasteiger charge is -1.97. The van der Waals surface area contributed by atoms with E-state index >= 15 is 0 Å². The van der Waals surface area contributed by atoms with Crippen LogP contribution < -0.4 is 0 Å². The number of benzene rings is 1. The van der Waals surface area contributed by atoms with E-state index in [-0.39, 0.29) is 10.9 Å². The van der Waals surface area contributed by atoms with Crippen LogP contribution in [0.5, 0.6) is 0 Å². The minimum absolute atomic E-state index is 0.0319. The van der Waals surface area contributed by atoms with Gasteiger partial charge in [0.25, 0.3) is 0 Å². The molecule has 0 aliphatic rings. The third kappa shape index (κ3) is 3.87. The summed E-state index contributed by atoms with van der Waals surface area (Å²) in [5, 5.41) is 8.82. The first-order chi connectivity index (χ1) is 7.63. The number of thioether (sulfide) groups is 1. The Hall–Kier alpha value is -1.60. The molecule has 0 radical (unpaired) electrons. The summed E-state index contributed by atoms with van der Waals surface area (Å²) in [6, 6.07) is 5.97. The molecule has 0 saturated heterocycles. The predicted molar refractivity (Wildman–Crippen MR) is 63.3 cm³/mol. The van der Waals surface area contributed by atoms with Crippen molar-refractivity contribution in [2.24, 2.45) is 0 Å². The van der Waals surface area contributed by atoms with Gasteiger partial charge in [0.2, 0.25) is 0 Å². The van der Waals surface area contributed by atoms with Crippen LogP contribution in [0, 0.1) is 17.1 Å². The molecule has 1 rings (SSSR count). The summed E-state index contributed by atoms with van der Waals surface area (Å²) in [6.07, 6.45) is 3.39. The number of nitriles is 1. The Balaban J connectivity index is 2.76. The van der Waals surface area contributed by atoms with E-state index in [1.54, 1.807) is 12.2 Å². The lowest BCUT2D eigenvalue weighted by atomic mass is 10.1. The van der Waals surface area contributed by atoms with Gasteiger partial charge in [0, 0.05) is 12.7 Å².